The summed E-state index contributed by atoms with van der Waals surface area (Å²) in [6.07, 6.45) is 3.36. The van der Waals surface area contributed by atoms with Crippen molar-refractivity contribution in [3.8, 4) is 11.1 Å². The Morgan fingerprint density at radius 3 is 2.20 bits per heavy atom. The summed E-state index contributed by atoms with van der Waals surface area (Å²) in [6.45, 7) is 8.78. The first-order valence-electron chi connectivity index (χ1n) is 7.03. The summed E-state index contributed by atoms with van der Waals surface area (Å²) in [7, 11) is 0. The molecule has 1 heteroatoms. The second-order valence-corrected chi connectivity index (χ2v) is 6.83. The molecule has 3 rings (SSSR count). The average molecular weight is 327 g/mol. The van der Waals surface area contributed by atoms with Crippen LogP contribution >= 0.6 is 15.9 Å². The van der Waals surface area contributed by atoms with Gasteiger partial charge in [-0.25, -0.2) is 0 Å². The van der Waals surface area contributed by atoms with Crippen molar-refractivity contribution in [1.82, 2.24) is 0 Å². The maximum Gasteiger partial charge on any atom is 0.0256 e. The third-order valence-electron chi connectivity index (χ3n) is 4.04. The van der Waals surface area contributed by atoms with Gasteiger partial charge in [-0.2, -0.15) is 0 Å². The van der Waals surface area contributed by atoms with E-state index >= 15 is 0 Å². The summed E-state index contributed by atoms with van der Waals surface area (Å²) in [5.41, 5.74) is 11.0. The number of fused-ring (bicyclic) bond motifs is 1. The summed E-state index contributed by atoms with van der Waals surface area (Å²) in [4.78, 5) is 0. The molecule has 0 amide bonds. The molecular formula is C19H19Br. The van der Waals surface area contributed by atoms with Crippen molar-refractivity contribution in [1.29, 1.82) is 0 Å². The first-order chi connectivity index (χ1) is 9.45. The van der Waals surface area contributed by atoms with E-state index in [1.54, 1.807) is 0 Å². The van der Waals surface area contributed by atoms with Crippen molar-refractivity contribution in [2.24, 2.45) is 0 Å². The van der Waals surface area contributed by atoms with E-state index in [0.717, 1.165) is 6.42 Å². The fourth-order valence-electron chi connectivity index (χ4n) is 3.36. The monoisotopic (exact) mass is 326 g/mol. The van der Waals surface area contributed by atoms with Gasteiger partial charge in [0.05, 0.1) is 0 Å². The maximum atomic E-state index is 3.74. The first-order valence-corrected chi connectivity index (χ1v) is 7.83. The Hall–Kier alpha value is -1.34. The van der Waals surface area contributed by atoms with Crippen LogP contribution in [-0.4, -0.2) is 0 Å². The van der Waals surface area contributed by atoms with Crippen LogP contribution in [0, 0.1) is 20.8 Å². The molecule has 0 saturated heterocycles. The number of allylic oxidation sites excluding steroid dienone is 1. The largest absolute Gasteiger partial charge is 0.0683 e. The van der Waals surface area contributed by atoms with Crippen LogP contribution in [0.15, 0.2) is 34.3 Å². The quantitative estimate of drug-likeness (QED) is 0.602. The lowest BCUT2D eigenvalue weighted by molar-refractivity contribution is 1.19. The predicted molar refractivity (Wildman–Crippen MR) is 91.1 cm³/mol. The minimum atomic E-state index is 1.08. The number of aryl methyl sites for hydroxylation is 3. The zero-order chi connectivity index (χ0) is 14.4. The Balaban J connectivity index is 2.19. The smallest absolute Gasteiger partial charge is 0.0256 e. The van der Waals surface area contributed by atoms with Gasteiger partial charge in [0.15, 0.2) is 0 Å². The van der Waals surface area contributed by atoms with Gasteiger partial charge in [0.1, 0.15) is 0 Å². The Kier molecular flexibility index (Phi) is 3.33. The van der Waals surface area contributed by atoms with E-state index in [2.05, 4.69) is 74.0 Å². The first kappa shape index (κ1) is 13.6. The summed E-state index contributed by atoms with van der Waals surface area (Å²) in [5, 5.41) is 0. The Labute approximate surface area is 129 Å². The molecule has 1 aliphatic carbocycles. The van der Waals surface area contributed by atoms with Crippen LogP contribution in [0.4, 0.5) is 0 Å². The summed E-state index contributed by atoms with van der Waals surface area (Å²) in [5.74, 6) is 0. The van der Waals surface area contributed by atoms with Gasteiger partial charge in [-0.15, -0.1) is 0 Å². The van der Waals surface area contributed by atoms with Crippen LogP contribution in [0.2, 0.25) is 0 Å². The standard InChI is InChI=1S/C19H19Br/c1-11-5-13(3)19(14(4)6-11)16-9-15-7-12(2)8-17(15)18(20)10-16/h5-6,8-10H,7H2,1-4H3. The highest BCUT2D eigenvalue weighted by atomic mass is 79.9. The molecule has 0 fully saturated rings. The van der Waals surface area contributed by atoms with E-state index in [1.165, 1.54) is 49.0 Å². The summed E-state index contributed by atoms with van der Waals surface area (Å²) >= 11 is 3.74. The van der Waals surface area contributed by atoms with E-state index < -0.39 is 0 Å². The van der Waals surface area contributed by atoms with Crippen LogP contribution in [-0.2, 0) is 6.42 Å². The fourth-order valence-corrected chi connectivity index (χ4v) is 3.98. The molecule has 0 saturated carbocycles. The van der Waals surface area contributed by atoms with Crippen molar-refractivity contribution in [3.05, 3.63) is 62.1 Å². The van der Waals surface area contributed by atoms with E-state index in [-0.39, 0.29) is 0 Å². The lowest BCUT2D eigenvalue weighted by Gasteiger charge is -2.14. The van der Waals surface area contributed by atoms with E-state index in [0.29, 0.717) is 0 Å². The zero-order valence-electron chi connectivity index (χ0n) is 12.5. The third kappa shape index (κ3) is 2.25. The third-order valence-corrected chi connectivity index (χ3v) is 4.70. The molecule has 0 atom stereocenters. The molecule has 0 unspecified atom stereocenters. The molecule has 102 valence electrons. The SMILES string of the molecule is CC1=Cc2c(Br)cc(-c3c(C)cc(C)cc3C)cc2C1. The molecule has 0 aliphatic heterocycles. The highest BCUT2D eigenvalue weighted by Gasteiger charge is 2.16. The van der Waals surface area contributed by atoms with Crippen molar-refractivity contribution in [2.45, 2.75) is 34.1 Å². The van der Waals surface area contributed by atoms with E-state index in [1.807, 2.05) is 0 Å². The molecule has 1 aliphatic rings. The van der Waals surface area contributed by atoms with Gasteiger partial charge in [-0.3, -0.25) is 0 Å². The molecule has 0 spiro atoms. The Morgan fingerprint density at radius 2 is 1.55 bits per heavy atom. The van der Waals surface area contributed by atoms with Crippen LogP contribution in [0.1, 0.15) is 34.7 Å². The van der Waals surface area contributed by atoms with Gasteiger partial charge in [0, 0.05) is 4.47 Å². The topological polar surface area (TPSA) is 0 Å². The molecule has 0 radical (unpaired) electrons. The number of halogens is 1. The number of hydrogen-bond donors (Lipinski definition) is 0. The van der Waals surface area contributed by atoms with Gasteiger partial charge in [0.25, 0.3) is 0 Å². The van der Waals surface area contributed by atoms with Crippen LogP contribution < -0.4 is 0 Å². The molecule has 20 heavy (non-hydrogen) atoms. The molecular weight excluding hydrogens is 308 g/mol. The van der Waals surface area contributed by atoms with Gasteiger partial charge in [-0.1, -0.05) is 51.3 Å². The minimum absolute atomic E-state index is 1.08. The Morgan fingerprint density at radius 1 is 0.900 bits per heavy atom. The number of hydrogen-bond acceptors (Lipinski definition) is 0. The summed E-state index contributed by atoms with van der Waals surface area (Å²) < 4.78 is 1.21. The van der Waals surface area contributed by atoms with Crippen LogP contribution in [0.25, 0.3) is 17.2 Å². The van der Waals surface area contributed by atoms with Crippen LogP contribution in [0.3, 0.4) is 0 Å². The molecule has 0 aromatic heterocycles. The van der Waals surface area contributed by atoms with E-state index in [4.69, 9.17) is 0 Å². The molecule has 0 bridgehead atoms. The van der Waals surface area contributed by atoms with Gasteiger partial charge < -0.3 is 0 Å². The molecule has 2 aromatic rings. The highest BCUT2D eigenvalue weighted by Crippen LogP contribution is 2.37. The molecule has 2 aromatic carbocycles. The van der Waals surface area contributed by atoms with Gasteiger partial charge >= 0.3 is 0 Å². The predicted octanol–water partition coefficient (Wildman–Crippen LogP) is 6.00. The molecule has 0 nitrogen and oxygen atoms in total. The van der Waals surface area contributed by atoms with Gasteiger partial charge in [-0.05, 0) is 73.6 Å². The average Bonchev–Trinajstić information content (AvgIpc) is 2.69. The summed E-state index contributed by atoms with van der Waals surface area (Å²) in [6, 6.07) is 9.16. The van der Waals surface area contributed by atoms with E-state index in [9.17, 15) is 0 Å². The van der Waals surface area contributed by atoms with Gasteiger partial charge in [0.2, 0.25) is 0 Å². The number of rotatable bonds is 1. The van der Waals surface area contributed by atoms with Crippen molar-refractivity contribution < 1.29 is 0 Å². The maximum absolute atomic E-state index is 3.74. The van der Waals surface area contributed by atoms with Crippen molar-refractivity contribution in [2.75, 3.05) is 0 Å². The lowest BCUT2D eigenvalue weighted by Crippen LogP contribution is -1.93. The number of benzene rings is 2. The van der Waals surface area contributed by atoms with Crippen LogP contribution in [0.5, 0.6) is 0 Å². The van der Waals surface area contributed by atoms with Crippen molar-refractivity contribution >= 4 is 22.0 Å². The fraction of sp³-hybridized carbons (Fsp3) is 0.263. The zero-order valence-corrected chi connectivity index (χ0v) is 14.1. The second-order valence-electron chi connectivity index (χ2n) is 5.97. The van der Waals surface area contributed by atoms with Crippen molar-refractivity contribution in [3.63, 3.8) is 0 Å². The highest BCUT2D eigenvalue weighted by molar-refractivity contribution is 9.10. The normalized spacial score (nSPS) is 13.3. The molecule has 0 heterocycles. The lowest BCUT2D eigenvalue weighted by atomic mass is 9.92. The molecule has 0 N–H and O–H groups in total. The second kappa shape index (κ2) is 4.89. The minimum Gasteiger partial charge on any atom is -0.0683 e. The Bertz CT molecular complexity index is 713.